The minimum absolute atomic E-state index is 0.406. The largest absolute Gasteiger partial charge is 0.431 e. The highest BCUT2D eigenvalue weighted by Gasteiger charge is 2.33. The number of hydrogen-bond donors (Lipinski definition) is 1. The molecule has 1 aliphatic heterocycles. The smallest absolute Gasteiger partial charge is 0.415 e. The monoisotopic (exact) mass is 303 g/mol. The summed E-state index contributed by atoms with van der Waals surface area (Å²) < 4.78 is 5.86. The molecule has 0 aromatic heterocycles. The predicted octanol–water partition coefficient (Wildman–Crippen LogP) is 1.60. The first-order valence-corrected chi connectivity index (χ1v) is 5.01. The van der Waals surface area contributed by atoms with Crippen LogP contribution in [0, 0.1) is 3.57 Å². The molecule has 1 heterocycles. The van der Waals surface area contributed by atoms with Gasteiger partial charge < -0.3 is 4.74 Å². The van der Waals surface area contributed by atoms with Gasteiger partial charge in [0.15, 0.2) is 0 Å². The van der Waals surface area contributed by atoms with E-state index in [0.717, 1.165) is 3.57 Å². The van der Waals surface area contributed by atoms with E-state index in [1.54, 1.807) is 12.1 Å². The van der Waals surface area contributed by atoms with E-state index in [1.165, 1.54) is 0 Å². The summed E-state index contributed by atoms with van der Waals surface area (Å²) in [5, 5.41) is 2.08. The van der Waals surface area contributed by atoms with E-state index >= 15 is 0 Å². The van der Waals surface area contributed by atoms with E-state index in [1.807, 2.05) is 12.1 Å². The van der Waals surface area contributed by atoms with Gasteiger partial charge in [0.2, 0.25) is 6.10 Å². The Balaban J connectivity index is 2.27. The number of imide groups is 1. The number of rotatable bonds is 1. The van der Waals surface area contributed by atoms with E-state index in [-0.39, 0.29) is 0 Å². The lowest BCUT2D eigenvalue weighted by molar-refractivity contribution is -0.123. The van der Waals surface area contributed by atoms with Crippen LogP contribution in [0.25, 0.3) is 0 Å². The summed E-state index contributed by atoms with van der Waals surface area (Å²) in [5.74, 6) is -0.406. The first-order chi connectivity index (χ1) is 6.66. The van der Waals surface area contributed by atoms with Crippen molar-refractivity contribution < 1.29 is 14.3 Å². The lowest BCUT2D eigenvalue weighted by Crippen LogP contribution is -2.20. The molecule has 2 amide bonds. The SMILES string of the molecule is O=C1NC(=O)C(c2ccc(I)cc2)O1. The maximum Gasteiger partial charge on any atom is 0.415 e. The van der Waals surface area contributed by atoms with Crippen LogP contribution in [0.5, 0.6) is 0 Å². The number of carbonyl (C=O) groups is 2. The van der Waals surface area contributed by atoms with Gasteiger partial charge in [-0.15, -0.1) is 0 Å². The molecule has 0 spiro atoms. The Morgan fingerprint density at radius 1 is 1.21 bits per heavy atom. The van der Waals surface area contributed by atoms with Crippen LogP contribution in [-0.2, 0) is 9.53 Å². The third kappa shape index (κ3) is 1.72. The molecule has 1 aromatic rings. The molecule has 0 aliphatic carbocycles. The van der Waals surface area contributed by atoms with Gasteiger partial charge in [0.05, 0.1) is 0 Å². The van der Waals surface area contributed by atoms with Crippen molar-refractivity contribution in [2.24, 2.45) is 0 Å². The second kappa shape index (κ2) is 3.56. The fraction of sp³-hybridized carbons (Fsp3) is 0.111. The standard InChI is InChI=1S/C9H6INO3/c10-6-3-1-5(2-4-6)7-8(12)11-9(13)14-7/h1-4,7H,(H,11,12,13). The zero-order valence-electron chi connectivity index (χ0n) is 6.99. The minimum atomic E-state index is -0.792. The number of benzene rings is 1. The van der Waals surface area contributed by atoms with Crippen molar-refractivity contribution >= 4 is 34.6 Å². The van der Waals surface area contributed by atoms with E-state index in [2.05, 4.69) is 27.9 Å². The zero-order chi connectivity index (χ0) is 10.1. The van der Waals surface area contributed by atoms with Gasteiger partial charge in [-0.2, -0.15) is 0 Å². The summed E-state index contributed by atoms with van der Waals surface area (Å²) >= 11 is 2.16. The van der Waals surface area contributed by atoms with Crippen molar-refractivity contribution in [1.29, 1.82) is 0 Å². The number of halogens is 1. The Hall–Kier alpha value is -1.11. The van der Waals surface area contributed by atoms with Crippen molar-refractivity contribution in [3.05, 3.63) is 33.4 Å². The van der Waals surface area contributed by atoms with E-state index < -0.39 is 18.1 Å². The summed E-state index contributed by atoms with van der Waals surface area (Å²) in [4.78, 5) is 22.0. The first-order valence-electron chi connectivity index (χ1n) is 3.94. The average molecular weight is 303 g/mol. The molecular weight excluding hydrogens is 297 g/mol. The number of nitrogens with one attached hydrogen (secondary N) is 1. The molecule has 1 atom stereocenters. The molecule has 0 saturated carbocycles. The van der Waals surface area contributed by atoms with E-state index in [0.29, 0.717) is 5.56 Å². The molecule has 72 valence electrons. The molecule has 14 heavy (non-hydrogen) atoms. The Bertz CT molecular complexity index is 388. The molecule has 0 bridgehead atoms. The number of ether oxygens (including phenoxy) is 1. The molecule has 1 aliphatic rings. The summed E-state index contributed by atoms with van der Waals surface area (Å²) in [6, 6.07) is 7.25. The van der Waals surface area contributed by atoms with E-state index in [9.17, 15) is 9.59 Å². The topological polar surface area (TPSA) is 55.4 Å². The van der Waals surface area contributed by atoms with Gasteiger partial charge in [-0.25, -0.2) is 4.79 Å². The van der Waals surface area contributed by atoms with Crippen molar-refractivity contribution in [2.75, 3.05) is 0 Å². The molecule has 2 rings (SSSR count). The third-order valence-corrected chi connectivity index (χ3v) is 2.58. The quantitative estimate of drug-likeness (QED) is 0.802. The number of amides is 2. The van der Waals surface area contributed by atoms with Crippen LogP contribution in [0.2, 0.25) is 0 Å². The Morgan fingerprint density at radius 2 is 1.86 bits per heavy atom. The van der Waals surface area contributed by atoms with Crippen LogP contribution >= 0.6 is 22.6 Å². The molecule has 1 saturated heterocycles. The second-order valence-electron chi connectivity index (χ2n) is 2.83. The Labute approximate surface area is 93.8 Å². The fourth-order valence-electron chi connectivity index (χ4n) is 1.21. The van der Waals surface area contributed by atoms with Crippen LogP contribution in [0.3, 0.4) is 0 Å². The van der Waals surface area contributed by atoms with Gasteiger partial charge in [-0.1, -0.05) is 12.1 Å². The van der Waals surface area contributed by atoms with Crippen molar-refractivity contribution in [1.82, 2.24) is 5.32 Å². The highest BCUT2D eigenvalue weighted by atomic mass is 127. The van der Waals surface area contributed by atoms with Gasteiger partial charge >= 0.3 is 6.09 Å². The molecule has 0 radical (unpaired) electrons. The van der Waals surface area contributed by atoms with Crippen LogP contribution in [-0.4, -0.2) is 12.0 Å². The summed E-state index contributed by atoms with van der Waals surface area (Å²) in [6.45, 7) is 0. The normalized spacial score (nSPS) is 20.5. The number of hydrogen-bond acceptors (Lipinski definition) is 3. The Morgan fingerprint density at radius 3 is 2.36 bits per heavy atom. The third-order valence-electron chi connectivity index (χ3n) is 1.86. The lowest BCUT2D eigenvalue weighted by Gasteiger charge is -2.05. The van der Waals surface area contributed by atoms with Crippen LogP contribution in [0.15, 0.2) is 24.3 Å². The van der Waals surface area contributed by atoms with Gasteiger partial charge in [-0.05, 0) is 34.7 Å². The number of cyclic esters (lactones) is 1. The molecule has 1 fully saturated rings. The Kier molecular flexibility index (Phi) is 2.40. The van der Waals surface area contributed by atoms with Crippen molar-refractivity contribution in [3.63, 3.8) is 0 Å². The van der Waals surface area contributed by atoms with Crippen molar-refractivity contribution in [3.8, 4) is 0 Å². The number of alkyl carbamates (subject to hydrolysis) is 1. The van der Waals surface area contributed by atoms with Gasteiger partial charge in [0.1, 0.15) is 0 Å². The molecule has 1 N–H and O–H groups in total. The number of carbonyl (C=O) groups excluding carboxylic acids is 2. The van der Waals surface area contributed by atoms with Gasteiger partial charge in [0, 0.05) is 9.13 Å². The molecule has 5 heteroatoms. The average Bonchev–Trinajstić information content (AvgIpc) is 2.47. The molecular formula is C9H6INO3. The van der Waals surface area contributed by atoms with Crippen molar-refractivity contribution in [2.45, 2.75) is 6.10 Å². The lowest BCUT2D eigenvalue weighted by atomic mass is 10.1. The van der Waals surface area contributed by atoms with Crippen LogP contribution < -0.4 is 5.32 Å². The van der Waals surface area contributed by atoms with Crippen LogP contribution in [0.1, 0.15) is 11.7 Å². The summed E-state index contributed by atoms with van der Waals surface area (Å²) in [6.07, 6.45) is -1.47. The van der Waals surface area contributed by atoms with Gasteiger partial charge in [0.25, 0.3) is 5.91 Å². The van der Waals surface area contributed by atoms with E-state index in [4.69, 9.17) is 4.74 Å². The highest BCUT2D eigenvalue weighted by Crippen LogP contribution is 2.22. The fourth-order valence-corrected chi connectivity index (χ4v) is 1.57. The maximum atomic E-state index is 11.2. The zero-order valence-corrected chi connectivity index (χ0v) is 9.15. The molecule has 1 unspecified atom stereocenters. The van der Waals surface area contributed by atoms with Gasteiger partial charge in [-0.3, -0.25) is 10.1 Å². The summed E-state index contributed by atoms with van der Waals surface area (Å²) in [5.41, 5.74) is 0.689. The highest BCUT2D eigenvalue weighted by molar-refractivity contribution is 14.1. The maximum absolute atomic E-state index is 11.2. The summed E-state index contributed by atoms with van der Waals surface area (Å²) in [7, 11) is 0. The van der Waals surface area contributed by atoms with Crippen LogP contribution in [0.4, 0.5) is 4.79 Å². The predicted molar refractivity (Wildman–Crippen MR) is 56.5 cm³/mol. The minimum Gasteiger partial charge on any atom is -0.431 e. The molecule has 4 nitrogen and oxygen atoms in total. The first kappa shape index (κ1) is 9.45. The molecule has 1 aromatic carbocycles. The second-order valence-corrected chi connectivity index (χ2v) is 4.07.